The number of hydrogen-bond donors (Lipinski definition) is 0. The summed E-state index contributed by atoms with van der Waals surface area (Å²) in [5.41, 5.74) is 1.76. The Morgan fingerprint density at radius 3 is 2.72 bits per heavy atom. The molecule has 0 radical (unpaired) electrons. The van der Waals surface area contributed by atoms with Gasteiger partial charge >= 0.3 is 0 Å². The van der Waals surface area contributed by atoms with Crippen molar-refractivity contribution in [2.45, 2.75) is 12.1 Å². The van der Waals surface area contributed by atoms with E-state index in [0.717, 1.165) is 11.4 Å². The molecule has 0 aliphatic carbocycles. The van der Waals surface area contributed by atoms with Gasteiger partial charge in [0.05, 0.1) is 11.4 Å². The number of nitrogens with zero attached hydrogens (tertiary/aromatic N) is 4. The van der Waals surface area contributed by atoms with Gasteiger partial charge in [0.25, 0.3) is 0 Å². The molecule has 25 heavy (non-hydrogen) atoms. The molecule has 3 aromatic rings. The summed E-state index contributed by atoms with van der Waals surface area (Å²) >= 11 is 7.40. The molecule has 0 aliphatic heterocycles. The third-order valence-corrected chi connectivity index (χ3v) is 4.78. The standard InChI is InChI=1S/C18H17ClN4OS/c1-2-22(15-8-4-3-5-9-15)17(24)12-25-18-21-20-13-23(18)16-10-6-7-14(19)11-16/h3-11,13H,2,12H2,1H3. The highest BCUT2D eigenvalue weighted by Gasteiger charge is 2.16. The Balaban J connectivity index is 1.72. The van der Waals surface area contributed by atoms with Crippen molar-refractivity contribution in [3.63, 3.8) is 0 Å². The summed E-state index contributed by atoms with van der Waals surface area (Å²) in [6, 6.07) is 17.1. The molecule has 1 heterocycles. The predicted molar refractivity (Wildman–Crippen MR) is 102 cm³/mol. The minimum absolute atomic E-state index is 0.0272. The number of aromatic nitrogens is 3. The number of para-hydroxylation sites is 1. The molecular weight excluding hydrogens is 356 g/mol. The second kappa shape index (κ2) is 8.18. The van der Waals surface area contributed by atoms with Gasteiger partial charge < -0.3 is 4.90 Å². The fraction of sp³-hybridized carbons (Fsp3) is 0.167. The van der Waals surface area contributed by atoms with E-state index in [2.05, 4.69) is 10.2 Å². The molecule has 1 aromatic heterocycles. The highest BCUT2D eigenvalue weighted by molar-refractivity contribution is 7.99. The maximum atomic E-state index is 12.6. The molecule has 0 aliphatic rings. The second-order valence-electron chi connectivity index (χ2n) is 5.23. The van der Waals surface area contributed by atoms with Gasteiger partial charge in [-0.15, -0.1) is 10.2 Å². The van der Waals surface area contributed by atoms with E-state index in [1.54, 1.807) is 11.2 Å². The van der Waals surface area contributed by atoms with Crippen molar-refractivity contribution in [3.05, 3.63) is 65.9 Å². The van der Waals surface area contributed by atoms with Crippen molar-refractivity contribution >= 4 is 35.0 Å². The Hall–Kier alpha value is -2.31. The van der Waals surface area contributed by atoms with Gasteiger partial charge in [0.1, 0.15) is 6.33 Å². The van der Waals surface area contributed by atoms with Crippen LogP contribution in [0.3, 0.4) is 0 Å². The van der Waals surface area contributed by atoms with Crippen molar-refractivity contribution in [1.29, 1.82) is 0 Å². The molecule has 5 nitrogen and oxygen atoms in total. The van der Waals surface area contributed by atoms with Gasteiger partial charge in [-0.25, -0.2) is 0 Å². The lowest BCUT2D eigenvalue weighted by Gasteiger charge is -2.20. The van der Waals surface area contributed by atoms with Crippen molar-refractivity contribution in [2.24, 2.45) is 0 Å². The Morgan fingerprint density at radius 2 is 2.00 bits per heavy atom. The molecule has 1 amide bonds. The summed E-state index contributed by atoms with van der Waals surface area (Å²) in [5.74, 6) is 0.307. The van der Waals surface area contributed by atoms with Crippen LogP contribution in [-0.4, -0.2) is 33.0 Å². The summed E-state index contributed by atoms with van der Waals surface area (Å²) in [7, 11) is 0. The molecule has 0 fully saturated rings. The number of carbonyl (C=O) groups is 1. The zero-order chi connectivity index (χ0) is 17.6. The topological polar surface area (TPSA) is 51.0 Å². The van der Waals surface area contributed by atoms with Crippen molar-refractivity contribution in [1.82, 2.24) is 14.8 Å². The highest BCUT2D eigenvalue weighted by atomic mass is 35.5. The fourth-order valence-electron chi connectivity index (χ4n) is 2.44. The molecule has 3 rings (SSSR count). The number of benzene rings is 2. The first-order chi connectivity index (χ1) is 12.2. The maximum Gasteiger partial charge on any atom is 0.237 e. The lowest BCUT2D eigenvalue weighted by Crippen LogP contribution is -2.32. The fourth-order valence-corrected chi connectivity index (χ4v) is 3.43. The molecule has 0 N–H and O–H groups in total. The second-order valence-corrected chi connectivity index (χ2v) is 6.60. The van der Waals surface area contributed by atoms with E-state index in [1.807, 2.05) is 66.1 Å². The van der Waals surface area contributed by atoms with Crippen LogP contribution in [0.15, 0.2) is 66.1 Å². The van der Waals surface area contributed by atoms with Crippen molar-refractivity contribution in [3.8, 4) is 5.69 Å². The van der Waals surface area contributed by atoms with Gasteiger partial charge in [-0.1, -0.05) is 47.6 Å². The molecule has 0 unspecified atom stereocenters. The van der Waals surface area contributed by atoms with E-state index < -0.39 is 0 Å². The first-order valence-electron chi connectivity index (χ1n) is 7.83. The Morgan fingerprint density at radius 1 is 1.20 bits per heavy atom. The highest BCUT2D eigenvalue weighted by Crippen LogP contribution is 2.23. The number of hydrogen-bond acceptors (Lipinski definition) is 4. The molecule has 0 spiro atoms. The molecule has 0 saturated heterocycles. The Labute approximate surface area is 155 Å². The van der Waals surface area contributed by atoms with Crippen LogP contribution in [0.2, 0.25) is 5.02 Å². The summed E-state index contributed by atoms with van der Waals surface area (Å²) in [6.45, 7) is 2.58. The van der Waals surface area contributed by atoms with Gasteiger partial charge in [0, 0.05) is 17.3 Å². The van der Waals surface area contributed by atoms with Crippen molar-refractivity contribution < 1.29 is 4.79 Å². The minimum Gasteiger partial charge on any atom is -0.312 e. The average molecular weight is 373 g/mol. The van der Waals surface area contributed by atoms with Crippen LogP contribution in [0.25, 0.3) is 5.69 Å². The van der Waals surface area contributed by atoms with E-state index in [-0.39, 0.29) is 11.7 Å². The molecule has 0 atom stereocenters. The zero-order valence-electron chi connectivity index (χ0n) is 13.7. The van der Waals surface area contributed by atoms with E-state index in [9.17, 15) is 4.79 Å². The maximum absolute atomic E-state index is 12.6. The monoisotopic (exact) mass is 372 g/mol. The smallest absolute Gasteiger partial charge is 0.237 e. The first kappa shape index (κ1) is 17.5. The van der Waals surface area contributed by atoms with Crippen LogP contribution >= 0.6 is 23.4 Å². The lowest BCUT2D eigenvalue weighted by molar-refractivity contribution is -0.116. The third kappa shape index (κ3) is 4.21. The summed E-state index contributed by atoms with van der Waals surface area (Å²) in [4.78, 5) is 14.4. The van der Waals surface area contributed by atoms with Crippen molar-refractivity contribution in [2.75, 3.05) is 17.2 Å². The minimum atomic E-state index is 0.0272. The normalized spacial score (nSPS) is 10.6. The summed E-state index contributed by atoms with van der Waals surface area (Å²) in [6.07, 6.45) is 1.62. The van der Waals surface area contributed by atoms with Crippen LogP contribution in [0.4, 0.5) is 5.69 Å². The molecular formula is C18H17ClN4OS. The number of anilines is 1. The summed E-state index contributed by atoms with van der Waals surface area (Å²) in [5, 5.41) is 9.36. The van der Waals surface area contributed by atoms with Crippen LogP contribution < -0.4 is 4.90 Å². The predicted octanol–water partition coefficient (Wildman–Crippen LogP) is 4.07. The third-order valence-electron chi connectivity index (χ3n) is 3.61. The quantitative estimate of drug-likeness (QED) is 0.612. The average Bonchev–Trinajstić information content (AvgIpc) is 3.10. The number of rotatable bonds is 6. The van der Waals surface area contributed by atoms with Gasteiger partial charge in [-0.3, -0.25) is 9.36 Å². The number of thioether (sulfide) groups is 1. The van der Waals surface area contributed by atoms with Gasteiger partial charge in [-0.05, 0) is 37.3 Å². The van der Waals surface area contributed by atoms with Crippen LogP contribution in [0.1, 0.15) is 6.92 Å². The first-order valence-corrected chi connectivity index (χ1v) is 9.19. The van der Waals surface area contributed by atoms with E-state index in [1.165, 1.54) is 11.8 Å². The molecule has 128 valence electrons. The van der Waals surface area contributed by atoms with E-state index in [0.29, 0.717) is 16.7 Å². The molecule has 0 saturated carbocycles. The Kier molecular flexibility index (Phi) is 5.73. The number of halogens is 1. The number of carbonyl (C=O) groups excluding carboxylic acids is 1. The lowest BCUT2D eigenvalue weighted by atomic mass is 10.3. The Bertz CT molecular complexity index is 853. The van der Waals surface area contributed by atoms with Crippen LogP contribution in [0.5, 0.6) is 0 Å². The zero-order valence-corrected chi connectivity index (χ0v) is 15.2. The largest absolute Gasteiger partial charge is 0.312 e. The van der Waals surface area contributed by atoms with Gasteiger partial charge in [-0.2, -0.15) is 0 Å². The van der Waals surface area contributed by atoms with Crippen LogP contribution in [-0.2, 0) is 4.79 Å². The SMILES string of the molecule is CCN(C(=O)CSc1nncn1-c1cccc(Cl)c1)c1ccccc1. The summed E-state index contributed by atoms with van der Waals surface area (Å²) < 4.78 is 1.82. The molecule has 7 heteroatoms. The molecule has 2 aromatic carbocycles. The van der Waals surface area contributed by atoms with E-state index in [4.69, 9.17) is 11.6 Å². The van der Waals surface area contributed by atoms with E-state index >= 15 is 0 Å². The number of amides is 1. The van der Waals surface area contributed by atoms with Crippen LogP contribution in [0, 0.1) is 0 Å². The van der Waals surface area contributed by atoms with Gasteiger partial charge in [0.15, 0.2) is 5.16 Å². The molecule has 0 bridgehead atoms. The van der Waals surface area contributed by atoms with Gasteiger partial charge in [0.2, 0.25) is 5.91 Å².